The van der Waals surface area contributed by atoms with Crippen molar-refractivity contribution in [1.29, 1.82) is 0 Å². The number of aliphatic imine (C=N–C) groups is 1. The molecule has 0 radical (unpaired) electrons. The summed E-state index contributed by atoms with van der Waals surface area (Å²) in [5, 5.41) is 3.78. The largest absolute Gasteiger partial charge is 0.457 e. The van der Waals surface area contributed by atoms with Gasteiger partial charge in [0.1, 0.15) is 17.3 Å². The van der Waals surface area contributed by atoms with Gasteiger partial charge < -0.3 is 10.1 Å². The van der Waals surface area contributed by atoms with Crippen LogP contribution in [0.25, 0.3) is 28.0 Å². The molecule has 3 nitrogen and oxygen atoms in total. The maximum Gasteiger partial charge on any atom is 0.134 e. The van der Waals surface area contributed by atoms with Gasteiger partial charge in [0.25, 0.3) is 0 Å². The van der Waals surface area contributed by atoms with Crippen molar-refractivity contribution < 1.29 is 4.74 Å². The molecule has 2 aliphatic heterocycles. The molecule has 3 heteroatoms. The summed E-state index contributed by atoms with van der Waals surface area (Å²) in [6, 6.07) is 59.0. The minimum atomic E-state index is -0.485. The van der Waals surface area contributed by atoms with Gasteiger partial charge in [-0.05, 0) is 74.7 Å². The molecule has 0 amide bonds. The summed E-state index contributed by atoms with van der Waals surface area (Å²) in [5.41, 5.74) is 16.7. The van der Waals surface area contributed by atoms with E-state index in [4.69, 9.17) is 9.73 Å². The van der Waals surface area contributed by atoms with E-state index < -0.39 is 5.41 Å². The number of nitrogens with one attached hydrogen (secondary N) is 1. The zero-order valence-corrected chi connectivity index (χ0v) is 27.8. The zero-order valence-electron chi connectivity index (χ0n) is 27.8. The van der Waals surface area contributed by atoms with E-state index in [0.717, 1.165) is 46.1 Å². The number of ether oxygens (including phenoxy) is 1. The van der Waals surface area contributed by atoms with Crippen LogP contribution in [0.2, 0.25) is 0 Å². The lowest BCUT2D eigenvalue weighted by atomic mass is 9.66. The lowest BCUT2D eigenvalue weighted by molar-refractivity contribution is 0.436. The highest BCUT2D eigenvalue weighted by molar-refractivity contribution is 6.03. The van der Waals surface area contributed by atoms with Crippen molar-refractivity contribution in [2.24, 2.45) is 4.99 Å². The van der Waals surface area contributed by atoms with Gasteiger partial charge in [0.2, 0.25) is 0 Å². The predicted octanol–water partition coefficient (Wildman–Crippen LogP) is 10.9. The Morgan fingerprint density at radius 3 is 1.96 bits per heavy atom. The minimum absolute atomic E-state index is 0.0562. The Labute approximate surface area is 297 Å². The Balaban J connectivity index is 1.07. The van der Waals surface area contributed by atoms with Gasteiger partial charge in [-0.25, -0.2) is 4.99 Å². The van der Waals surface area contributed by atoms with Gasteiger partial charge in [-0.3, -0.25) is 0 Å². The van der Waals surface area contributed by atoms with Crippen LogP contribution in [-0.2, 0) is 11.8 Å². The number of rotatable bonds is 3. The molecular formula is C48H32N2O. The Hall–Kier alpha value is -6.45. The third-order valence-corrected chi connectivity index (χ3v) is 11.2. The molecule has 0 saturated heterocycles. The van der Waals surface area contributed by atoms with Crippen LogP contribution in [0.1, 0.15) is 56.1 Å². The van der Waals surface area contributed by atoms with Gasteiger partial charge in [-0.15, -0.1) is 0 Å². The molecule has 0 bridgehead atoms. The fraction of sp³-hybridized carbons (Fsp3) is 0.0625. The molecule has 0 fully saturated rings. The van der Waals surface area contributed by atoms with Crippen LogP contribution in [0, 0.1) is 0 Å². The van der Waals surface area contributed by atoms with Crippen molar-refractivity contribution in [2.45, 2.75) is 17.9 Å². The van der Waals surface area contributed by atoms with Crippen molar-refractivity contribution >= 4 is 11.5 Å². The molecular weight excluding hydrogens is 621 g/mol. The molecule has 0 aromatic heterocycles. The molecule has 11 rings (SSSR count). The molecule has 1 spiro atoms. The third-order valence-electron chi connectivity index (χ3n) is 11.2. The molecule has 2 aliphatic carbocycles. The van der Waals surface area contributed by atoms with E-state index in [2.05, 4.69) is 169 Å². The molecule has 0 unspecified atom stereocenters. The quantitative estimate of drug-likeness (QED) is 0.206. The standard InChI is InChI=1S/C48H32N2O/c1-2-12-30(13-3-1)47-49-43(32-22-24-36-34(27-32)26-31-14-4-5-15-35(31)36)29-44(50-47)33-23-25-42-46(28-33)51-45-21-11-10-20-41(45)48(42)39-18-8-6-16-37(39)38-17-7-9-19-40(38)48/h1-25,27-29,43H,26H2,(H,49,50)/t43-/m1/s1. The maximum absolute atomic E-state index is 6.84. The number of amidine groups is 1. The molecule has 0 saturated carbocycles. The normalized spacial score (nSPS) is 16.7. The van der Waals surface area contributed by atoms with Crippen molar-refractivity contribution in [3.8, 4) is 33.8 Å². The average molecular weight is 653 g/mol. The van der Waals surface area contributed by atoms with Crippen LogP contribution in [0.15, 0.2) is 175 Å². The predicted molar refractivity (Wildman–Crippen MR) is 205 cm³/mol. The van der Waals surface area contributed by atoms with Gasteiger partial charge in [0.05, 0.1) is 17.2 Å². The summed E-state index contributed by atoms with van der Waals surface area (Å²) in [4.78, 5) is 5.27. The van der Waals surface area contributed by atoms with Crippen LogP contribution in [0.3, 0.4) is 0 Å². The highest BCUT2D eigenvalue weighted by Crippen LogP contribution is 2.62. The molecule has 4 aliphatic rings. The summed E-state index contributed by atoms with van der Waals surface area (Å²) < 4.78 is 6.84. The highest BCUT2D eigenvalue weighted by atomic mass is 16.5. The minimum Gasteiger partial charge on any atom is -0.457 e. The second-order valence-corrected chi connectivity index (χ2v) is 13.9. The van der Waals surface area contributed by atoms with Gasteiger partial charge in [0.15, 0.2) is 0 Å². The Morgan fingerprint density at radius 1 is 0.510 bits per heavy atom. The van der Waals surface area contributed by atoms with Crippen molar-refractivity contribution in [3.63, 3.8) is 0 Å². The van der Waals surface area contributed by atoms with E-state index in [9.17, 15) is 0 Å². The fourth-order valence-electron chi connectivity index (χ4n) is 9.00. The number of fused-ring (bicyclic) bond motifs is 12. The monoisotopic (exact) mass is 652 g/mol. The summed E-state index contributed by atoms with van der Waals surface area (Å²) in [5.74, 6) is 2.61. The topological polar surface area (TPSA) is 33.6 Å². The van der Waals surface area contributed by atoms with E-state index in [1.54, 1.807) is 0 Å². The van der Waals surface area contributed by atoms with Crippen LogP contribution in [0.4, 0.5) is 0 Å². The average Bonchev–Trinajstić information content (AvgIpc) is 3.72. The smallest absolute Gasteiger partial charge is 0.134 e. The molecule has 7 aromatic carbocycles. The molecule has 1 atom stereocenters. The molecule has 2 heterocycles. The van der Waals surface area contributed by atoms with Gasteiger partial charge in [-0.2, -0.15) is 0 Å². The lowest BCUT2D eigenvalue weighted by Gasteiger charge is -2.39. The fourth-order valence-corrected chi connectivity index (χ4v) is 9.00. The van der Waals surface area contributed by atoms with Gasteiger partial charge in [-0.1, -0.05) is 152 Å². The van der Waals surface area contributed by atoms with Crippen LogP contribution in [0.5, 0.6) is 11.5 Å². The van der Waals surface area contributed by atoms with Gasteiger partial charge in [0, 0.05) is 22.3 Å². The SMILES string of the molecule is C1=C(c2ccc3c(c2)Oc2ccccc2C32c3ccccc3-c3ccccc32)N=C(c2ccccc2)N[C@H]1c1ccc2c(c1)Cc1ccccc1-2. The van der Waals surface area contributed by atoms with Crippen LogP contribution < -0.4 is 10.1 Å². The number of benzene rings is 7. The molecule has 51 heavy (non-hydrogen) atoms. The summed E-state index contributed by atoms with van der Waals surface area (Å²) in [6.07, 6.45) is 3.23. The number of hydrogen-bond donors (Lipinski definition) is 1. The van der Waals surface area contributed by atoms with Crippen molar-refractivity contribution in [3.05, 3.63) is 220 Å². The van der Waals surface area contributed by atoms with Crippen molar-refractivity contribution in [2.75, 3.05) is 0 Å². The van der Waals surface area contributed by atoms with E-state index in [1.807, 2.05) is 6.07 Å². The second-order valence-electron chi connectivity index (χ2n) is 13.9. The number of hydrogen-bond acceptors (Lipinski definition) is 3. The first-order valence-electron chi connectivity index (χ1n) is 17.7. The Kier molecular flexibility index (Phi) is 6.00. The molecule has 1 N–H and O–H groups in total. The van der Waals surface area contributed by atoms with E-state index in [0.29, 0.717) is 0 Å². The van der Waals surface area contributed by atoms with Crippen LogP contribution >= 0.6 is 0 Å². The van der Waals surface area contributed by atoms with Crippen molar-refractivity contribution in [1.82, 2.24) is 5.32 Å². The zero-order chi connectivity index (χ0) is 33.5. The first kappa shape index (κ1) is 28.4. The lowest BCUT2D eigenvalue weighted by Crippen LogP contribution is -2.32. The molecule has 7 aromatic rings. The maximum atomic E-state index is 6.84. The number of nitrogens with zero attached hydrogens (tertiary/aromatic N) is 1. The highest BCUT2D eigenvalue weighted by Gasteiger charge is 2.51. The van der Waals surface area contributed by atoms with E-state index >= 15 is 0 Å². The van der Waals surface area contributed by atoms with E-state index in [-0.39, 0.29) is 6.04 Å². The summed E-state index contributed by atoms with van der Waals surface area (Å²) in [6.45, 7) is 0. The third kappa shape index (κ3) is 4.09. The summed E-state index contributed by atoms with van der Waals surface area (Å²) >= 11 is 0. The van der Waals surface area contributed by atoms with Crippen LogP contribution in [-0.4, -0.2) is 5.84 Å². The number of para-hydroxylation sites is 1. The summed E-state index contributed by atoms with van der Waals surface area (Å²) in [7, 11) is 0. The van der Waals surface area contributed by atoms with Gasteiger partial charge >= 0.3 is 0 Å². The Morgan fingerprint density at radius 2 is 1.16 bits per heavy atom. The first-order chi connectivity index (χ1) is 25.3. The second kappa shape index (κ2) is 10.8. The Bertz CT molecular complexity index is 2590. The molecule has 240 valence electrons. The van der Waals surface area contributed by atoms with E-state index in [1.165, 1.54) is 55.6 Å². The first-order valence-corrected chi connectivity index (χ1v) is 17.7.